The van der Waals surface area contributed by atoms with E-state index in [1.165, 1.54) is 0 Å². The van der Waals surface area contributed by atoms with E-state index in [1.807, 2.05) is 18.7 Å². The molecule has 0 unspecified atom stereocenters. The number of carbonyl (C=O) groups excluding carboxylic acids is 1. The summed E-state index contributed by atoms with van der Waals surface area (Å²) in [5.74, 6) is 0.187. The van der Waals surface area contributed by atoms with Crippen LogP contribution in [0.25, 0.3) is 0 Å². The van der Waals surface area contributed by atoms with Crippen LogP contribution >= 0.6 is 0 Å². The minimum atomic E-state index is 0.0708. The van der Waals surface area contributed by atoms with Crippen molar-refractivity contribution in [2.45, 2.75) is 52.6 Å². The summed E-state index contributed by atoms with van der Waals surface area (Å²) >= 11 is 0. The van der Waals surface area contributed by atoms with Gasteiger partial charge in [-0.15, -0.1) is 6.58 Å². The molecular formula is C13H26N2O. The van der Waals surface area contributed by atoms with Gasteiger partial charge < -0.3 is 10.2 Å². The third-order valence-electron chi connectivity index (χ3n) is 2.26. The lowest BCUT2D eigenvalue weighted by Crippen LogP contribution is -2.41. The molecule has 3 heteroatoms. The molecule has 16 heavy (non-hydrogen) atoms. The molecule has 0 radical (unpaired) electrons. The maximum atomic E-state index is 11.9. The average molecular weight is 226 g/mol. The van der Waals surface area contributed by atoms with E-state index >= 15 is 0 Å². The predicted octanol–water partition coefficient (Wildman–Crippen LogP) is 2.19. The molecule has 0 saturated heterocycles. The Bertz CT molecular complexity index is 229. The first kappa shape index (κ1) is 15.2. The zero-order valence-electron chi connectivity index (χ0n) is 11.3. The lowest BCUT2D eigenvalue weighted by Gasteiger charge is -2.26. The van der Waals surface area contributed by atoms with Gasteiger partial charge >= 0.3 is 0 Å². The first-order valence-electron chi connectivity index (χ1n) is 5.93. The molecule has 0 bridgehead atoms. The molecule has 1 amide bonds. The van der Waals surface area contributed by atoms with E-state index in [0.29, 0.717) is 13.0 Å². The molecule has 3 nitrogen and oxygen atoms in total. The van der Waals surface area contributed by atoms with Crippen LogP contribution in [0.15, 0.2) is 12.7 Å². The van der Waals surface area contributed by atoms with Crippen LogP contribution in [0.2, 0.25) is 0 Å². The van der Waals surface area contributed by atoms with Crippen molar-refractivity contribution in [1.29, 1.82) is 0 Å². The summed E-state index contributed by atoms with van der Waals surface area (Å²) in [6.07, 6.45) is 2.32. The Balaban J connectivity index is 4.06. The summed E-state index contributed by atoms with van der Waals surface area (Å²) in [5.41, 5.74) is 0.0708. The second-order valence-electron chi connectivity index (χ2n) is 5.36. The molecule has 1 N–H and O–H groups in total. The van der Waals surface area contributed by atoms with Gasteiger partial charge in [-0.05, 0) is 34.6 Å². The number of hydrogen-bond donors (Lipinski definition) is 1. The third-order valence-corrected chi connectivity index (χ3v) is 2.26. The van der Waals surface area contributed by atoms with E-state index in [2.05, 4.69) is 32.7 Å². The lowest BCUT2D eigenvalue weighted by molar-refractivity contribution is -0.132. The van der Waals surface area contributed by atoms with Gasteiger partial charge in [0.05, 0.1) is 0 Å². The van der Waals surface area contributed by atoms with Crippen LogP contribution in [-0.4, -0.2) is 35.5 Å². The summed E-state index contributed by atoms with van der Waals surface area (Å²) in [5, 5.41) is 3.32. The van der Waals surface area contributed by atoms with E-state index in [0.717, 1.165) is 6.54 Å². The smallest absolute Gasteiger partial charge is 0.224 e. The standard InChI is InChI=1S/C13H26N2O/c1-7-10-15(11(2)3)12(16)8-9-14-13(4,5)6/h7,11,14H,1,8-10H2,2-6H3. The van der Waals surface area contributed by atoms with Crippen LogP contribution in [0.4, 0.5) is 0 Å². The van der Waals surface area contributed by atoms with E-state index in [1.54, 1.807) is 6.08 Å². The molecule has 0 aromatic heterocycles. The van der Waals surface area contributed by atoms with Gasteiger partial charge in [0.15, 0.2) is 0 Å². The highest BCUT2D eigenvalue weighted by molar-refractivity contribution is 5.76. The van der Waals surface area contributed by atoms with Crippen LogP contribution in [-0.2, 0) is 4.79 Å². The van der Waals surface area contributed by atoms with Gasteiger partial charge in [0.1, 0.15) is 0 Å². The lowest BCUT2D eigenvalue weighted by atomic mass is 10.1. The molecule has 0 atom stereocenters. The zero-order chi connectivity index (χ0) is 12.8. The first-order chi connectivity index (χ1) is 7.28. The predicted molar refractivity (Wildman–Crippen MR) is 69.4 cm³/mol. The number of hydrogen-bond acceptors (Lipinski definition) is 2. The van der Waals surface area contributed by atoms with Crippen molar-refractivity contribution in [3.8, 4) is 0 Å². The fourth-order valence-corrected chi connectivity index (χ4v) is 1.43. The van der Waals surface area contributed by atoms with Gasteiger partial charge in [-0.25, -0.2) is 0 Å². The number of nitrogens with zero attached hydrogens (tertiary/aromatic N) is 1. The minimum Gasteiger partial charge on any atom is -0.337 e. The van der Waals surface area contributed by atoms with Crippen molar-refractivity contribution in [3.05, 3.63) is 12.7 Å². The SMILES string of the molecule is C=CCN(C(=O)CCNC(C)(C)C)C(C)C. The summed E-state index contributed by atoms with van der Waals surface area (Å²) in [6.45, 7) is 15.4. The Hall–Kier alpha value is -0.830. The van der Waals surface area contributed by atoms with Crippen molar-refractivity contribution in [1.82, 2.24) is 10.2 Å². The van der Waals surface area contributed by atoms with Gasteiger partial charge in [-0.1, -0.05) is 6.08 Å². The molecule has 0 aromatic rings. The second kappa shape index (κ2) is 6.69. The number of amides is 1. The molecule has 0 heterocycles. The van der Waals surface area contributed by atoms with Crippen LogP contribution in [0.1, 0.15) is 41.0 Å². The van der Waals surface area contributed by atoms with Gasteiger partial charge in [0.25, 0.3) is 0 Å². The normalized spacial score (nSPS) is 11.6. The first-order valence-corrected chi connectivity index (χ1v) is 5.93. The van der Waals surface area contributed by atoms with E-state index in [9.17, 15) is 4.79 Å². The maximum absolute atomic E-state index is 11.9. The van der Waals surface area contributed by atoms with E-state index < -0.39 is 0 Å². The van der Waals surface area contributed by atoms with Gasteiger partial charge in [-0.3, -0.25) is 4.79 Å². The summed E-state index contributed by atoms with van der Waals surface area (Å²) in [7, 11) is 0. The summed E-state index contributed by atoms with van der Waals surface area (Å²) < 4.78 is 0. The highest BCUT2D eigenvalue weighted by Crippen LogP contribution is 2.03. The van der Waals surface area contributed by atoms with Crippen LogP contribution in [0, 0.1) is 0 Å². The highest BCUT2D eigenvalue weighted by Gasteiger charge is 2.16. The van der Waals surface area contributed by atoms with Crippen molar-refractivity contribution < 1.29 is 4.79 Å². The monoisotopic (exact) mass is 226 g/mol. The number of carbonyl (C=O) groups is 1. The molecule has 0 aliphatic rings. The highest BCUT2D eigenvalue weighted by atomic mass is 16.2. The van der Waals surface area contributed by atoms with Gasteiger partial charge in [0, 0.05) is 31.1 Å². The Morgan fingerprint density at radius 2 is 2.00 bits per heavy atom. The fraction of sp³-hybridized carbons (Fsp3) is 0.769. The van der Waals surface area contributed by atoms with Crippen molar-refractivity contribution in [2.24, 2.45) is 0 Å². The van der Waals surface area contributed by atoms with Crippen molar-refractivity contribution in [3.63, 3.8) is 0 Å². The Morgan fingerprint density at radius 1 is 1.44 bits per heavy atom. The number of nitrogens with one attached hydrogen (secondary N) is 1. The van der Waals surface area contributed by atoms with E-state index in [-0.39, 0.29) is 17.5 Å². The largest absolute Gasteiger partial charge is 0.337 e. The van der Waals surface area contributed by atoms with Crippen LogP contribution in [0.3, 0.4) is 0 Å². The van der Waals surface area contributed by atoms with E-state index in [4.69, 9.17) is 0 Å². The van der Waals surface area contributed by atoms with Crippen molar-refractivity contribution in [2.75, 3.05) is 13.1 Å². The van der Waals surface area contributed by atoms with Gasteiger partial charge in [-0.2, -0.15) is 0 Å². The van der Waals surface area contributed by atoms with Crippen LogP contribution in [0.5, 0.6) is 0 Å². The van der Waals surface area contributed by atoms with Crippen LogP contribution < -0.4 is 5.32 Å². The number of rotatable bonds is 6. The Morgan fingerprint density at radius 3 is 2.38 bits per heavy atom. The van der Waals surface area contributed by atoms with Gasteiger partial charge in [0.2, 0.25) is 5.91 Å². The molecule has 0 spiro atoms. The molecule has 0 aliphatic carbocycles. The molecular weight excluding hydrogens is 200 g/mol. The average Bonchev–Trinajstić information content (AvgIpc) is 2.11. The maximum Gasteiger partial charge on any atom is 0.224 e. The quantitative estimate of drug-likeness (QED) is 0.704. The molecule has 94 valence electrons. The molecule has 0 aromatic carbocycles. The third kappa shape index (κ3) is 6.62. The molecule has 0 rings (SSSR count). The summed E-state index contributed by atoms with van der Waals surface area (Å²) in [6, 6.07) is 0.236. The minimum absolute atomic E-state index is 0.0708. The topological polar surface area (TPSA) is 32.3 Å². The Kier molecular flexibility index (Phi) is 6.34. The molecule has 0 fully saturated rings. The zero-order valence-corrected chi connectivity index (χ0v) is 11.3. The molecule has 0 saturated carbocycles. The Labute approximate surface area is 99.9 Å². The second-order valence-corrected chi connectivity index (χ2v) is 5.36. The van der Waals surface area contributed by atoms with Crippen molar-refractivity contribution >= 4 is 5.91 Å². The fourth-order valence-electron chi connectivity index (χ4n) is 1.43. The summed E-state index contributed by atoms with van der Waals surface area (Å²) in [4.78, 5) is 13.7. The molecule has 0 aliphatic heterocycles.